The number of ether oxygens (including phenoxy) is 1. The van der Waals surface area contributed by atoms with Gasteiger partial charge in [-0.25, -0.2) is 0 Å². The van der Waals surface area contributed by atoms with E-state index in [1.165, 1.54) is 5.56 Å². The minimum Gasteiger partial charge on any atom is -0.497 e. The molecule has 1 N–H and O–H groups in total. The second kappa shape index (κ2) is 7.34. The van der Waals surface area contributed by atoms with Crippen molar-refractivity contribution in [1.82, 2.24) is 10.2 Å². The van der Waals surface area contributed by atoms with Crippen molar-refractivity contribution in [3.8, 4) is 5.75 Å². The summed E-state index contributed by atoms with van der Waals surface area (Å²) in [5.74, 6) is 1.80. The van der Waals surface area contributed by atoms with Gasteiger partial charge < -0.3 is 15.0 Å². The van der Waals surface area contributed by atoms with Crippen LogP contribution in [-0.2, 0) is 4.79 Å². The molecule has 0 bridgehead atoms. The van der Waals surface area contributed by atoms with Crippen molar-refractivity contribution < 1.29 is 9.53 Å². The van der Waals surface area contributed by atoms with Crippen LogP contribution in [0.15, 0.2) is 24.3 Å². The minimum absolute atomic E-state index is 0. The van der Waals surface area contributed by atoms with Crippen molar-refractivity contribution in [2.45, 2.75) is 25.8 Å². The van der Waals surface area contributed by atoms with Crippen LogP contribution >= 0.6 is 12.4 Å². The standard InChI is InChI=1S/C17H24N2O2.ClH/c1-12(14-10-18-11-14)17(20)19-8-4-7-16(19)13-5-3-6-15(9-13)21-2;/h3,5-6,9,12,14,16,18H,4,7-8,10-11H2,1-2H3;1H. The third-order valence-electron chi connectivity index (χ3n) is 4.92. The Morgan fingerprint density at radius 1 is 1.41 bits per heavy atom. The van der Waals surface area contributed by atoms with Crippen molar-refractivity contribution in [2.75, 3.05) is 26.7 Å². The molecule has 2 unspecified atom stereocenters. The Morgan fingerprint density at radius 3 is 2.82 bits per heavy atom. The molecule has 1 aromatic carbocycles. The van der Waals surface area contributed by atoms with Gasteiger partial charge in [-0.05, 0) is 49.5 Å². The summed E-state index contributed by atoms with van der Waals surface area (Å²) in [7, 11) is 1.68. The molecule has 2 aliphatic heterocycles. The number of rotatable bonds is 4. The maximum Gasteiger partial charge on any atom is 0.226 e. The Labute approximate surface area is 138 Å². The summed E-state index contributed by atoms with van der Waals surface area (Å²) in [6, 6.07) is 8.34. The summed E-state index contributed by atoms with van der Waals surface area (Å²) in [4.78, 5) is 14.9. The number of nitrogens with zero attached hydrogens (tertiary/aromatic N) is 1. The normalized spacial score (nSPS) is 22.6. The maximum atomic E-state index is 12.8. The zero-order valence-corrected chi connectivity index (χ0v) is 14.1. The predicted molar refractivity (Wildman–Crippen MR) is 89.5 cm³/mol. The molecule has 4 nitrogen and oxygen atoms in total. The molecular weight excluding hydrogens is 300 g/mol. The number of likely N-dealkylation sites (tertiary alicyclic amines) is 1. The topological polar surface area (TPSA) is 41.6 Å². The fraction of sp³-hybridized carbons (Fsp3) is 0.588. The zero-order chi connectivity index (χ0) is 14.8. The molecule has 5 heteroatoms. The van der Waals surface area contributed by atoms with Gasteiger partial charge in [-0.1, -0.05) is 19.1 Å². The van der Waals surface area contributed by atoms with Crippen molar-refractivity contribution >= 4 is 18.3 Å². The SMILES string of the molecule is COc1cccc(C2CCCN2C(=O)C(C)C2CNC2)c1.Cl. The van der Waals surface area contributed by atoms with Crippen LogP contribution in [0, 0.1) is 11.8 Å². The summed E-state index contributed by atoms with van der Waals surface area (Å²) in [5, 5.41) is 3.26. The number of benzene rings is 1. The van der Waals surface area contributed by atoms with Gasteiger partial charge in [0.25, 0.3) is 0 Å². The Hall–Kier alpha value is -1.26. The lowest BCUT2D eigenvalue weighted by atomic mass is 9.87. The van der Waals surface area contributed by atoms with E-state index >= 15 is 0 Å². The molecule has 22 heavy (non-hydrogen) atoms. The van der Waals surface area contributed by atoms with Crippen molar-refractivity contribution in [3.63, 3.8) is 0 Å². The Morgan fingerprint density at radius 2 is 2.18 bits per heavy atom. The second-order valence-corrected chi connectivity index (χ2v) is 6.17. The van der Waals surface area contributed by atoms with Gasteiger partial charge in [-0.15, -0.1) is 12.4 Å². The lowest BCUT2D eigenvalue weighted by molar-refractivity contribution is -0.138. The van der Waals surface area contributed by atoms with Crippen LogP contribution in [0.3, 0.4) is 0 Å². The molecule has 0 spiro atoms. The van der Waals surface area contributed by atoms with E-state index in [-0.39, 0.29) is 24.4 Å². The first-order valence-corrected chi connectivity index (χ1v) is 7.86. The first kappa shape index (κ1) is 17.1. The third kappa shape index (κ3) is 3.23. The van der Waals surface area contributed by atoms with E-state index in [1.807, 2.05) is 12.1 Å². The lowest BCUT2D eigenvalue weighted by Gasteiger charge is -2.35. The molecule has 2 saturated heterocycles. The van der Waals surface area contributed by atoms with Crippen LogP contribution in [0.4, 0.5) is 0 Å². The van der Waals surface area contributed by atoms with Crippen molar-refractivity contribution in [2.24, 2.45) is 11.8 Å². The largest absolute Gasteiger partial charge is 0.497 e. The van der Waals surface area contributed by atoms with Gasteiger partial charge >= 0.3 is 0 Å². The Kier molecular flexibility index (Phi) is 5.70. The lowest BCUT2D eigenvalue weighted by Crippen LogP contribution is -2.50. The van der Waals surface area contributed by atoms with E-state index in [9.17, 15) is 4.79 Å². The van der Waals surface area contributed by atoms with E-state index in [1.54, 1.807) is 7.11 Å². The van der Waals surface area contributed by atoms with Crippen LogP contribution in [0.2, 0.25) is 0 Å². The van der Waals surface area contributed by atoms with Gasteiger partial charge in [0.15, 0.2) is 0 Å². The van der Waals surface area contributed by atoms with E-state index in [0.29, 0.717) is 11.8 Å². The highest BCUT2D eigenvalue weighted by Gasteiger charge is 2.36. The minimum atomic E-state index is 0. The summed E-state index contributed by atoms with van der Waals surface area (Å²) < 4.78 is 5.31. The van der Waals surface area contributed by atoms with Gasteiger partial charge in [0.05, 0.1) is 13.2 Å². The number of amides is 1. The second-order valence-electron chi connectivity index (χ2n) is 6.17. The van der Waals surface area contributed by atoms with Gasteiger partial charge in [0, 0.05) is 12.5 Å². The van der Waals surface area contributed by atoms with E-state index < -0.39 is 0 Å². The Bertz CT molecular complexity index is 519. The van der Waals surface area contributed by atoms with Crippen molar-refractivity contribution in [1.29, 1.82) is 0 Å². The summed E-state index contributed by atoms with van der Waals surface area (Å²) in [5.41, 5.74) is 1.19. The highest BCUT2D eigenvalue weighted by Crippen LogP contribution is 2.35. The molecule has 2 aliphatic rings. The van der Waals surface area contributed by atoms with Crippen LogP contribution in [0.5, 0.6) is 5.75 Å². The first-order chi connectivity index (χ1) is 10.2. The molecule has 0 aliphatic carbocycles. The molecule has 2 fully saturated rings. The predicted octanol–water partition coefficient (Wildman–Crippen LogP) is 2.64. The molecule has 0 aromatic heterocycles. The Balaban J connectivity index is 0.00000176. The molecule has 0 saturated carbocycles. The fourth-order valence-electron chi connectivity index (χ4n) is 3.35. The molecule has 122 valence electrons. The monoisotopic (exact) mass is 324 g/mol. The van der Waals surface area contributed by atoms with Crippen LogP contribution in [-0.4, -0.2) is 37.6 Å². The number of carbonyl (C=O) groups excluding carboxylic acids is 1. The number of carbonyl (C=O) groups is 1. The summed E-state index contributed by atoms with van der Waals surface area (Å²) in [6.45, 7) is 4.91. The highest BCUT2D eigenvalue weighted by atomic mass is 35.5. The quantitative estimate of drug-likeness (QED) is 0.925. The average Bonchev–Trinajstić information content (AvgIpc) is 2.94. The molecular formula is C17H25ClN2O2. The van der Waals surface area contributed by atoms with E-state index in [4.69, 9.17) is 4.74 Å². The number of hydrogen-bond donors (Lipinski definition) is 1. The summed E-state index contributed by atoms with van der Waals surface area (Å²) in [6.07, 6.45) is 2.14. The highest BCUT2D eigenvalue weighted by molar-refractivity contribution is 5.85. The molecule has 3 rings (SSSR count). The number of nitrogens with one attached hydrogen (secondary N) is 1. The van der Waals surface area contributed by atoms with Crippen LogP contribution in [0.1, 0.15) is 31.4 Å². The fourth-order valence-corrected chi connectivity index (χ4v) is 3.35. The molecule has 2 atom stereocenters. The molecule has 2 heterocycles. The van der Waals surface area contributed by atoms with Crippen molar-refractivity contribution in [3.05, 3.63) is 29.8 Å². The molecule has 0 radical (unpaired) electrons. The van der Waals surface area contributed by atoms with Gasteiger partial charge in [0.2, 0.25) is 5.91 Å². The maximum absolute atomic E-state index is 12.8. The van der Waals surface area contributed by atoms with Gasteiger partial charge in [-0.2, -0.15) is 0 Å². The van der Waals surface area contributed by atoms with Gasteiger partial charge in [0.1, 0.15) is 5.75 Å². The van der Waals surface area contributed by atoms with Crippen LogP contribution < -0.4 is 10.1 Å². The molecule has 1 amide bonds. The average molecular weight is 325 g/mol. The smallest absolute Gasteiger partial charge is 0.226 e. The van der Waals surface area contributed by atoms with E-state index in [2.05, 4.69) is 29.3 Å². The van der Waals surface area contributed by atoms with E-state index in [0.717, 1.165) is 38.2 Å². The first-order valence-electron chi connectivity index (χ1n) is 7.86. The number of methoxy groups -OCH3 is 1. The van der Waals surface area contributed by atoms with Crippen LogP contribution in [0.25, 0.3) is 0 Å². The summed E-state index contributed by atoms with van der Waals surface area (Å²) >= 11 is 0. The zero-order valence-electron chi connectivity index (χ0n) is 13.2. The third-order valence-corrected chi connectivity index (χ3v) is 4.92. The molecule has 1 aromatic rings. The number of halogens is 1. The number of hydrogen-bond acceptors (Lipinski definition) is 3. The van der Waals surface area contributed by atoms with Gasteiger partial charge in [-0.3, -0.25) is 4.79 Å².